The van der Waals surface area contributed by atoms with E-state index in [9.17, 15) is 9.59 Å². The molecule has 23 heavy (non-hydrogen) atoms. The maximum Gasteiger partial charge on any atom is 0.332 e. The van der Waals surface area contributed by atoms with Gasteiger partial charge in [0.05, 0.1) is 0 Å². The van der Waals surface area contributed by atoms with Gasteiger partial charge in [0.15, 0.2) is 11.2 Å². The van der Waals surface area contributed by atoms with Crippen molar-refractivity contribution in [3.8, 4) is 0 Å². The van der Waals surface area contributed by atoms with Gasteiger partial charge < -0.3 is 4.74 Å². The van der Waals surface area contributed by atoms with Crippen molar-refractivity contribution < 1.29 is 14.3 Å². The second-order valence-corrected chi connectivity index (χ2v) is 7.87. The van der Waals surface area contributed by atoms with Gasteiger partial charge in [0.25, 0.3) is 0 Å². The van der Waals surface area contributed by atoms with Gasteiger partial charge in [-0.1, -0.05) is 24.5 Å². The minimum atomic E-state index is -1.09. The normalized spacial score (nSPS) is 32.7. The van der Waals surface area contributed by atoms with Gasteiger partial charge in [0.1, 0.15) is 5.60 Å². The van der Waals surface area contributed by atoms with Crippen molar-refractivity contribution in [3.05, 3.63) is 11.6 Å². The zero-order chi connectivity index (χ0) is 16.3. The van der Waals surface area contributed by atoms with E-state index in [0.29, 0.717) is 12.3 Å². The number of ketones is 1. The highest BCUT2D eigenvalue weighted by atomic mass is 35.5. The molecule has 2 atom stereocenters. The Bertz CT molecular complexity index is 473. The van der Waals surface area contributed by atoms with Crippen molar-refractivity contribution >= 4 is 23.4 Å². The van der Waals surface area contributed by atoms with Crippen LogP contribution in [0.4, 0.5) is 0 Å². The number of carbonyl (C=O) groups is 2. The maximum absolute atomic E-state index is 12.2. The Hall–Kier alpha value is -0.830. The lowest BCUT2D eigenvalue weighted by molar-refractivity contribution is -0.178. The lowest BCUT2D eigenvalue weighted by Gasteiger charge is -2.42. The molecule has 0 aromatic rings. The standard InChI is InChI=1S/C19H27ClO3/c20-17-16(21)13-19(23-18(17)22,15-10-4-5-11-15)12-6-9-14-7-2-1-3-8-14/h7,15,17H,1-6,8-13H2. The summed E-state index contributed by atoms with van der Waals surface area (Å²) in [5.74, 6) is -0.335. The van der Waals surface area contributed by atoms with Gasteiger partial charge in [-0.05, 0) is 63.7 Å². The first kappa shape index (κ1) is 17.0. The number of esters is 1. The smallest absolute Gasteiger partial charge is 0.332 e. The van der Waals surface area contributed by atoms with Crippen molar-refractivity contribution in [2.45, 2.75) is 88.0 Å². The third-order valence-corrected chi connectivity index (χ3v) is 6.27. The zero-order valence-corrected chi connectivity index (χ0v) is 14.6. The summed E-state index contributed by atoms with van der Waals surface area (Å²) in [4.78, 5) is 24.3. The van der Waals surface area contributed by atoms with Gasteiger partial charge >= 0.3 is 5.97 Å². The summed E-state index contributed by atoms with van der Waals surface area (Å²) in [6.07, 6.45) is 15.0. The molecule has 2 aliphatic carbocycles. The van der Waals surface area contributed by atoms with Crippen LogP contribution in [0.25, 0.3) is 0 Å². The molecular formula is C19H27ClO3. The highest BCUT2D eigenvalue weighted by molar-refractivity contribution is 6.41. The summed E-state index contributed by atoms with van der Waals surface area (Å²) >= 11 is 5.87. The minimum Gasteiger partial charge on any atom is -0.457 e. The van der Waals surface area contributed by atoms with Crippen LogP contribution in [0.5, 0.6) is 0 Å². The molecule has 3 aliphatic rings. The van der Waals surface area contributed by atoms with E-state index in [-0.39, 0.29) is 5.78 Å². The molecule has 0 bridgehead atoms. The number of Topliss-reactive ketones (excluding diaryl/α,β-unsaturated/α-hetero) is 1. The third kappa shape index (κ3) is 3.81. The number of hydrogen-bond acceptors (Lipinski definition) is 3. The van der Waals surface area contributed by atoms with Crippen molar-refractivity contribution in [1.82, 2.24) is 0 Å². The van der Waals surface area contributed by atoms with E-state index in [4.69, 9.17) is 16.3 Å². The number of alkyl halides is 1. The van der Waals surface area contributed by atoms with Gasteiger partial charge in [0.2, 0.25) is 0 Å². The number of rotatable bonds is 5. The lowest BCUT2D eigenvalue weighted by atomic mass is 9.76. The van der Waals surface area contributed by atoms with E-state index < -0.39 is 16.9 Å². The number of allylic oxidation sites excluding steroid dienone is 2. The largest absolute Gasteiger partial charge is 0.457 e. The zero-order valence-electron chi connectivity index (χ0n) is 13.8. The highest BCUT2D eigenvalue weighted by Crippen LogP contribution is 2.45. The predicted molar refractivity (Wildman–Crippen MR) is 90.4 cm³/mol. The minimum absolute atomic E-state index is 0.147. The molecular weight excluding hydrogens is 312 g/mol. The van der Waals surface area contributed by atoms with Crippen molar-refractivity contribution in [1.29, 1.82) is 0 Å². The first-order valence-electron chi connectivity index (χ1n) is 9.18. The van der Waals surface area contributed by atoms with Crippen molar-refractivity contribution in [2.24, 2.45) is 5.92 Å². The van der Waals surface area contributed by atoms with Gasteiger partial charge in [0, 0.05) is 6.42 Å². The third-order valence-electron chi connectivity index (χ3n) is 5.85. The Morgan fingerprint density at radius 2 is 1.96 bits per heavy atom. The Morgan fingerprint density at radius 1 is 1.17 bits per heavy atom. The van der Waals surface area contributed by atoms with Gasteiger partial charge in [-0.3, -0.25) is 4.79 Å². The van der Waals surface area contributed by atoms with Crippen molar-refractivity contribution in [3.63, 3.8) is 0 Å². The molecule has 1 heterocycles. The van der Waals surface area contributed by atoms with Gasteiger partial charge in [-0.25, -0.2) is 4.79 Å². The molecule has 0 radical (unpaired) electrons. The Morgan fingerprint density at radius 3 is 2.61 bits per heavy atom. The summed E-state index contributed by atoms with van der Waals surface area (Å²) in [6.45, 7) is 0. The molecule has 3 rings (SSSR count). The quantitative estimate of drug-likeness (QED) is 0.315. The average Bonchev–Trinajstić information content (AvgIpc) is 3.09. The van der Waals surface area contributed by atoms with Crippen LogP contribution >= 0.6 is 11.6 Å². The molecule has 0 aromatic carbocycles. The van der Waals surface area contributed by atoms with Crippen molar-refractivity contribution in [2.75, 3.05) is 0 Å². The predicted octanol–water partition coefficient (Wildman–Crippen LogP) is 4.71. The Labute approximate surface area is 143 Å². The molecule has 2 fully saturated rings. The second-order valence-electron chi connectivity index (χ2n) is 7.43. The van der Waals surface area contributed by atoms with Crippen LogP contribution in [0.1, 0.15) is 77.0 Å². The van der Waals surface area contributed by atoms with E-state index in [1.54, 1.807) is 5.57 Å². The molecule has 1 aliphatic heterocycles. The van der Waals surface area contributed by atoms with Crippen LogP contribution in [-0.2, 0) is 14.3 Å². The first-order chi connectivity index (χ1) is 11.1. The lowest BCUT2D eigenvalue weighted by Crippen LogP contribution is -2.52. The van der Waals surface area contributed by atoms with Crippen LogP contribution in [0.2, 0.25) is 0 Å². The molecule has 0 spiro atoms. The molecule has 0 amide bonds. The number of carbonyl (C=O) groups excluding carboxylic acids is 2. The average molecular weight is 339 g/mol. The topological polar surface area (TPSA) is 43.4 Å². The monoisotopic (exact) mass is 338 g/mol. The van der Waals surface area contributed by atoms with E-state index in [1.165, 1.54) is 38.5 Å². The van der Waals surface area contributed by atoms with Crippen LogP contribution < -0.4 is 0 Å². The van der Waals surface area contributed by atoms with E-state index in [0.717, 1.165) is 32.1 Å². The highest BCUT2D eigenvalue weighted by Gasteiger charge is 2.50. The molecule has 0 N–H and O–H groups in total. The fourth-order valence-corrected chi connectivity index (χ4v) is 4.70. The van der Waals surface area contributed by atoms with Crippen LogP contribution in [0.15, 0.2) is 11.6 Å². The number of ether oxygens (including phenoxy) is 1. The molecule has 3 nitrogen and oxygen atoms in total. The van der Waals surface area contributed by atoms with E-state index in [1.807, 2.05) is 0 Å². The van der Waals surface area contributed by atoms with E-state index in [2.05, 4.69) is 6.08 Å². The maximum atomic E-state index is 12.2. The SMILES string of the molecule is O=C1CC(CCCC2=CCCCC2)(C2CCCC2)OC(=O)C1Cl. The number of hydrogen-bond donors (Lipinski definition) is 0. The molecule has 128 valence electrons. The van der Waals surface area contributed by atoms with Gasteiger partial charge in [-0.2, -0.15) is 0 Å². The first-order valence-corrected chi connectivity index (χ1v) is 9.62. The fourth-order valence-electron chi connectivity index (χ4n) is 4.57. The van der Waals surface area contributed by atoms with E-state index >= 15 is 0 Å². The molecule has 4 heteroatoms. The summed E-state index contributed by atoms with van der Waals surface area (Å²) in [6, 6.07) is 0. The summed E-state index contributed by atoms with van der Waals surface area (Å²) in [5.41, 5.74) is 0.965. The Balaban J connectivity index is 1.67. The number of cyclic esters (lactones) is 1. The van der Waals surface area contributed by atoms with Gasteiger partial charge in [-0.15, -0.1) is 11.6 Å². The fraction of sp³-hybridized carbons (Fsp3) is 0.789. The van der Waals surface area contributed by atoms with Crippen LogP contribution in [0, 0.1) is 5.92 Å². The molecule has 1 saturated carbocycles. The summed E-state index contributed by atoms with van der Waals surface area (Å²) < 4.78 is 5.82. The molecule has 2 unspecified atom stereocenters. The summed E-state index contributed by atoms with van der Waals surface area (Å²) in [7, 11) is 0. The molecule has 1 saturated heterocycles. The Kier molecular flexibility index (Phi) is 5.45. The molecule has 0 aromatic heterocycles. The van der Waals surface area contributed by atoms with Crippen LogP contribution in [-0.4, -0.2) is 22.7 Å². The number of halogens is 1. The van der Waals surface area contributed by atoms with Crippen LogP contribution in [0.3, 0.4) is 0 Å². The summed E-state index contributed by atoms with van der Waals surface area (Å²) in [5, 5.41) is -1.09. The second kappa shape index (κ2) is 7.38.